The van der Waals surface area contributed by atoms with Crippen LogP contribution < -0.4 is 5.73 Å². The van der Waals surface area contributed by atoms with Crippen LogP contribution in [-0.4, -0.2) is 41.7 Å². The Morgan fingerprint density at radius 3 is 2.50 bits per heavy atom. The third kappa shape index (κ3) is 5.37. The van der Waals surface area contributed by atoms with Gasteiger partial charge in [0, 0.05) is 5.75 Å². The van der Waals surface area contributed by atoms with Crippen molar-refractivity contribution in [1.29, 1.82) is 0 Å². The summed E-state index contributed by atoms with van der Waals surface area (Å²) in [5.41, 5.74) is 4.78. The van der Waals surface area contributed by atoms with Crippen molar-refractivity contribution in [3.05, 3.63) is 0 Å². The predicted octanol–water partition coefficient (Wildman–Crippen LogP) is 0.721. The number of esters is 1. The number of hydrogen-bond acceptors (Lipinski definition) is 5. The second kappa shape index (κ2) is 6.75. The molecule has 0 aromatic heterocycles. The molecule has 0 aromatic carbocycles. The average molecular weight is 249 g/mol. The van der Waals surface area contributed by atoms with E-state index in [4.69, 9.17) is 10.8 Å². The number of thioether (sulfide) groups is 1. The van der Waals surface area contributed by atoms with Crippen LogP contribution in [0.15, 0.2) is 0 Å². The molecule has 1 unspecified atom stereocenters. The standard InChI is InChI=1S/C10H19NO4S/c1-10(2,9(13)14)6-16-5-4-7(11)8(12)15-3/h7H,4-6,11H2,1-3H3,(H,13,14). The van der Waals surface area contributed by atoms with Crippen molar-refractivity contribution in [1.82, 2.24) is 0 Å². The number of nitrogens with two attached hydrogens (primary N) is 1. The van der Waals surface area contributed by atoms with E-state index in [2.05, 4.69) is 4.74 Å². The molecule has 1 atom stereocenters. The Kier molecular flexibility index (Phi) is 6.43. The molecule has 94 valence electrons. The SMILES string of the molecule is COC(=O)C(N)CCSCC(C)(C)C(=O)O. The van der Waals surface area contributed by atoms with Crippen LogP contribution >= 0.6 is 11.8 Å². The maximum Gasteiger partial charge on any atom is 0.322 e. The molecule has 0 fully saturated rings. The zero-order valence-electron chi connectivity index (χ0n) is 9.86. The minimum atomic E-state index is -0.822. The first-order chi connectivity index (χ1) is 7.31. The van der Waals surface area contributed by atoms with Crippen LogP contribution in [0.2, 0.25) is 0 Å². The smallest absolute Gasteiger partial charge is 0.322 e. The van der Waals surface area contributed by atoms with Gasteiger partial charge in [0.2, 0.25) is 0 Å². The number of carboxylic acids is 1. The van der Waals surface area contributed by atoms with E-state index >= 15 is 0 Å². The minimum Gasteiger partial charge on any atom is -0.481 e. The fourth-order valence-corrected chi connectivity index (χ4v) is 2.07. The summed E-state index contributed by atoms with van der Waals surface area (Å²) in [6.45, 7) is 3.34. The van der Waals surface area contributed by atoms with Gasteiger partial charge in [-0.15, -0.1) is 0 Å². The molecule has 5 nitrogen and oxygen atoms in total. The Labute approximate surface area is 99.7 Å². The summed E-state index contributed by atoms with van der Waals surface area (Å²) in [5.74, 6) is -0.112. The van der Waals surface area contributed by atoms with Gasteiger partial charge in [-0.1, -0.05) is 0 Å². The number of methoxy groups -OCH3 is 1. The molecule has 0 aromatic rings. The van der Waals surface area contributed by atoms with Crippen LogP contribution in [0.3, 0.4) is 0 Å². The topological polar surface area (TPSA) is 89.6 Å². The van der Waals surface area contributed by atoms with Gasteiger partial charge in [0.25, 0.3) is 0 Å². The van der Waals surface area contributed by atoms with E-state index in [1.165, 1.54) is 18.9 Å². The summed E-state index contributed by atoms with van der Waals surface area (Å²) >= 11 is 1.48. The summed E-state index contributed by atoms with van der Waals surface area (Å²) < 4.78 is 4.48. The van der Waals surface area contributed by atoms with Gasteiger partial charge >= 0.3 is 11.9 Å². The van der Waals surface area contributed by atoms with E-state index in [1.807, 2.05) is 0 Å². The Morgan fingerprint density at radius 2 is 2.06 bits per heavy atom. The number of carbonyl (C=O) groups excluding carboxylic acids is 1. The van der Waals surface area contributed by atoms with Gasteiger partial charge in [-0.25, -0.2) is 0 Å². The van der Waals surface area contributed by atoms with E-state index in [9.17, 15) is 9.59 Å². The molecule has 0 spiro atoms. The Hall–Kier alpha value is -0.750. The molecule has 16 heavy (non-hydrogen) atoms. The van der Waals surface area contributed by atoms with E-state index < -0.39 is 23.4 Å². The molecule has 0 aliphatic rings. The highest BCUT2D eigenvalue weighted by atomic mass is 32.2. The predicted molar refractivity (Wildman–Crippen MR) is 63.4 cm³/mol. The molecular formula is C10H19NO4S. The zero-order valence-corrected chi connectivity index (χ0v) is 10.7. The van der Waals surface area contributed by atoms with E-state index in [0.29, 0.717) is 17.9 Å². The van der Waals surface area contributed by atoms with Crippen LogP contribution in [-0.2, 0) is 14.3 Å². The van der Waals surface area contributed by atoms with Crippen LogP contribution in [0.5, 0.6) is 0 Å². The average Bonchev–Trinajstić information content (AvgIpc) is 2.22. The first kappa shape index (κ1) is 15.2. The van der Waals surface area contributed by atoms with Crippen molar-refractivity contribution < 1.29 is 19.4 Å². The third-order valence-corrected chi connectivity index (χ3v) is 3.57. The van der Waals surface area contributed by atoms with Crippen LogP contribution in [0.25, 0.3) is 0 Å². The number of carbonyl (C=O) groups is 2. The molecule has 0 rings (SSSR count). The van der Waals surface area contributed by atoms with Crippen LogP contribution in [0, 0.1) is 5.41 Å². The first-order valence-corrected chi connectivity index (χ1v) is 6.11. The lowest BCUT2D eigenvalue weighted by Crippen LogP contribution is -2.32. The molecule has 0 amide bonds. The number of hydrogen-bond donors (Lipinski definition) is 2. The maximum atomic E-state index is 11.0. The van der Waals surface area contributed by atoms with Gasteiger partial charge in [0.05, 0.1) is 12.5 Å². The monoisotopic (exact) mass is 249 g/mol. The molecule has 0 aliphatic heterocycles. The number of rotatable bonds is 7. The molecule has 0 heterocycles. The van der Waals surface area contributed by atoms with Crippen molar-refractivity contribution in [2.45, 2.75) is 26.3 Å². The summed E-state index contributed by atoms with van der Waals surface area (Å²) in [6, 6.07) is -0.620. The molecular weight excluding hydrogens is 230 g/mol. The summed E-state index contributed by atoms with van der Waals surface area (Å²) in [7, 11) is 1.29. The second-order valence-corrected chi connectivity index (χ2v) is 5.27. The molecule has 0 radical (unpaired) electrons. The number of carboxylic acid groups (broad SMARTS) is 1. The van der Waals surface area contributed by atoms with Crippen molar-refractivity contribution in [3.8, 4) is 0 Å². The highest BCUT2D eigenvalue weighted by molar-refractivity contribution is 7.99. The van der Waals surface area contributed by atoms with Crippen LogP contribution in [0.4, 0.5) is 0 Å². The lowest BCUT2D eigenvalue weighted by atomic mass is 9.97. The van der Waals surface area contributed by atoms with Gasteiger partial charge < -0.3 is 15.6 Å². The summed E-state index contributed by atoms with van der Waals surface area (Å²) in [6.07, 6.45) is 0.493. The molecule has 0 saturated heterocycles. The third-order valence-electron chi connectivity index (χ3n) is 2.12. The lowest BCUT2D eigenvalue weighted by molar-refractivity contribution is -0.145. The molecule has 3 N–H and O–H groups in total. The number of aliphatic carboxylic acids is 1. The van der Waals surface area contributed by atoms with Crippen molar-refractivity contribution in [2.75, 3.05) is 18.6 Å². The van der Waals surface area contributed by atoms with Crippen molar-refractivity contribution in [3.63, 3.8) is 0 Å². The molecule has 0 aliphatic carbocycles. The van der Waals surface area contributed by atoms with Crippen molar-refractivity contribution >= 4 is 23.7 Å². The zero-order chi connectivity index (χ0) is 12.8. The maximum absolute atomic E-state index is 11.0. The highest BCUT2D eigenvalue weighted by Crippen LogP contribution is 2.22. The van der Waals surface area contributed by atoms with Gasteiger partial charge in [-0.2, -0.15) is 11.8 Å². The quantitative estimate of drug-likeness (QED) is 0.510. The number of ether oxygens (including phenoxy) is 1. The molecule has 0 saturated carbocycles. The Morgan fingerprint density at radius 1 is 1.50 bits per heavy atom. The Balaban J connectivity index is 3.77. The molecule has 6 heteroatoms. The van der Waals surface area contributed by atoms with E-state index in [1.54, 1.807) is 13.8 Å². The van der Waals surface area contributed by atoms with Gasteiger partial charge in [-0.3, -0.25) is 9.59 Å². The fraction of sp³-hybridized carbons (Fsp3) is 0.800. The normalized spacial score (nSPS) is 13.2. The van der Waals surface area contributed by atoms with Crippen LogP contribution in [0.1, 0.15) is 20.3 Å². The minimum absolute atomic E-state index is 0.432. The second-order valence-electron chi connectivity index (χ2n) is 4.16. The fourth-order valence-electron chi connectivity index (χ4n) is 0.869. The summed E-state index contributed by atoms with van der Waals surface area (Å²) in [4.78, 5) is 21.8. The summed E-state index contributed by atoms with van der Waals surface area (Å²) in [5, 5.41) is 8.86. The van der Waals surface area contributed by atoms with Crippen molar-refractivity contribution in [2.24, 2.45) is 11.1 Å². The van der Waals surface area contributed by atoms with E-state index in [-0.39, 0.29) is 0 Å². The van der Waals surface area contributed by atoms with E-state index in [0.717, 1.165) is 0 Å². The Bertz CT molecular complexity index is 255. The lowest BCUT2D eigenvalue weighted by Gasteiger charge is -2.18. The largest absolute Gasteiger partial charge is 0.481 e. The van der Waals surface area contributed by atoms with Gasteiger partial charge in [0.15, 0.2) is 0 Å². The van der Waals surface area contributed by atoms with Gasteiger partial charge in [0.1, 0.15) is 6.04 Å². The highest BCUT2D eigenvalue weighted by Gasteiger charge is 2.26. The van der Waals surface area contributed by atoms with Gasteiger partial charge in [-0.05, 0) is 26.0 Å². The molecule has 0 bridgehead atoms. The first-order valence-electron chi connectivity index (χ1n) is 4.96.